The maximum Gasteiger partial charge on any atom is 0.216 e. The van der Waals surface area contributed by atoms with Crippen molar-refractivity contribution in [2.24, 2.45) is 0 Å². The van der Waals surface area contributed by atoms with E-state index < -0.39 is 26.9 Å². The molecule has 2 rings (SSSR count). The van der Waals surface area contributed by atoms with Crippen molar-refractivity contribution >= 4 is 10.0 Å². The number of benzene rings is 1. The van der Waals surface area contributed by atoms with Crippen LogP contribution in [0.3, 0.4) is 0 Å². The predicted molar refractivity (Wildman–Crippen MR) is 63.4 cm³/mol. The summed E-state index contributed by atoms with van der Waals surface area (Å²) >= 11 is 0. The molecule has 0 saturated carbocycles. The minimum atomic E-state index is -3.41. The van der Waals surface area contributed by atoms with E-state index in [1.54, 1.807) is 0 Å². The number of halogens is 2. The van der Waals surface area contributed by atoms with Gasteiger partial charge in [-0.05, 0) is 30.7 Å². The molecule has 0 radical (unpaired) electrons. The van der Waals surface area contributed by atoms with E-state index in [9.17, 15) is 17.2 Å². The lowest BCUT2D eigenvalue weighted by Gasteiger charge is -2.11. The van der Waals surface area contributed by atoms with Gasteiger partial charge in [-0.25, -0.2) is 21.9 Å². The third-order valence-corrected chi connectivity index (χ3v) is 4.74. The van der Waals surface area contributed by atoms with E-state index in [1.165, 1.54) is 6.07 Å². The van der Waals surface area contributed by atoms with Crippen LogP contribution in [0.15, 0.2) is 18.2 Å². The normalized spacial score (nSPS) is 20.2. The molecule has 1 unspecified atom stereocenters. The van der Waals surface area contributed by atoms with Crippen molar-refractivity contribution in [3.8, 4) is 0 Å². The summed E-state index contributed by atoms with van der Waals surface area (Å²) in [5.74, 6) is -1.92. The Kier molecular flexibility index (Phi) is 3.94. The van der Waals surface area contributed by atoms with Crippen LogP contribution in [-0.2, 0) is 16.6 Å². The van der Waals surface area contributed by atoms with Crippen molar-refractivity contribution in [3.05, 3.63) is 35.4 Å². The molecule has 0 bridgehead atoms. The molecule has 1 saturated heterocycles. The van der Waals surface area contributed by atoms with Crippen molar-refractivity contribution in [2.45, 2.75) is 18.2 Å². The Balaban J connectivity index is 2.00. The van der Waals surface area contributed by atoms with E-state index in [4.69, 9.17) is 0 Å². The molecular formula is C11H14F2N2O2S. The van der Waals surface area contributed by atoms with Crippen LogP contribution < -0.4 is 10.0 Å². The highest BCUT2D eigenvalue weighted by molar-refractivity contribution is 7.90. The van der Waals surface area contributed by atoms with Gasteiger partial charge in [-0.3, -0.25) is 0 Å². The first kappa shape index (κ1) is 13.4. The Morgan fingerprint density at radius 2 is 2.11 bits per heavy atom. The first-order valence-corrected chi connectivity index (χ1v) is 7.17. The fraction of sp³-hybridized carbons (Fsp3) is 0.455. The third kappa shape index (κ3) is 3.04. The molecule has 7 heteroatoms. The van der Waals surface area contributed by atoms with Crippen molar-refractivity contribution in [3.63, 3.8) is 0 Å². The molecule has 1 aliphatic heterocycles. The fourth-order valence-corrected chi connectivity index (χ4v) is 3.21. The molecule has 0 aromatic heterocycles. The molecule has 1 aliphatic rings. The molecule has 1 aromatic rings. The molecule has 1 atom stereocenters. The van der Waals surface area contributed by atoms with Gasteiger partial charge in [-0.1, -0.05) is 6.07 Å². The number of hydrogen-bond acceptors (Lipinski definition) is 3. The monoisotopic (exact) mass is 276 g/mol. The second-order valence-corrected chi connectivity index (χ2v) is 6.27. The summed E-state index contributed by atoms with van der Waals surface area (Å²) in [6.07, 6.45) is 0.563. The summed E-state index contributed by atoms with van der Waals surface area (Å²) in [6.45, 7) is 1.07. The Morgan fingerprint density at radius 3 is 2.72 bits per heavy atom. The van der Waals surface area contributed by atoms with Crippen LogP contribution in [0.25, 0.3) is 0 Å². The van der Waals surface area contributed by atoms with Gasteiger partial charge >= 0.3 is 0 Å². The van der Waals surface area contributed by atoms with Crippen LogP contribution in [0.5, 0.6) is 0 Å². The topological polar surface area (TPSA) is 58.2 Å². The zero-order valence-corrected chi connectivity index (χ0v) is 10.4. The molecule has 100 valence electrons. The van der Waals surface area contributed by atoms with Crippen molar-refractivity contribution in [2.75, 3.05) is 13.1 Å². The molecule has 2 N–H and O–H groups in total. The average molecular weight is 276 g/mol. The number of nitrogens with one attached hydrogen (secondary N) is 2. The summed E-state index contributed by atoms with van der Waals surface area (Å²) in [6, 6.07) is 3.33. The van der Waals surface area contributed by atoms with E-state index in [-0.39, 0.29) is 6.54 Å². The highest BCUT2D eigenvalue weighted by Gasteiger charge is 2.28. The van der Waals surface area contributed by atoms with Crippen LogP contribution >= 0.6 is 0 Å². The second-order valence-electron chi connectivity index (χ2n) is 4.23. The fourth-order valence-electron chi connectivity index (χ4n) is 1.84. The Morgan fingerprint density at radius 1 is 1.33 bits per heavy atom. The van der Waals surface area contributed by atoms with E-state index >= 15 is 0 Å². The standard InChI is InChI=1S/C11H14F2N2O2S/c12-10-2-1-8(5-11(10)13)6-15-18(16,17)9-3-4-14-7-9/h1-2,5,9,14-15H,3-4,6-7H2. The van der Waals surface area contributed by atoms with Gasteiger partial charge in [0.15, 0.2) is 11.6 Å². The zero-order chi connectivity index (χ0) is 13.2. The minimum Gasteiger partial charge on any atom is -0.315 e. The maximum atomic E-state index is 12.9. The lowest BCUT2D eigenvalue weighted by Crippen LogP contribution is -2.35. The van der Waals surface area contributed by atoms with Gasteiger partial charge in [0.25, 0.3) is 0 Å². The van der Waals surface area contributed by atoms with E-state index in [0.29, 0.717) is 25.1 Å². The number of hydrogen-bond donors (Lipinski definition) is 2. The van der Waals surface area contributed by atoms with Gasteiger partial charge in [0.05, 0.1) is 5.25 Å². The molecule has 0 aliphatic carbocycles. The lowest BCUT2D eigenvalue weighted by molar-refractivity contribution is 0.506. The van der Waals surface area contributed by atoms with Gasteiger partial charge < -0.3 is 5.32 Å². The van der Waals surface area contributed by atoms with Crippen LogP contribution in [0, 0.1) is 11.6 Å². The highest BCUT2D eigenvalue weighted by atomic mass is 32.2. The molecule has 1 aromatic carbocycles. The third-order valence-electron chi connectivity index (χ3n) is 2.92. The summed E-state index contributed by atoms with van der Waals surface area (Å²) < 4.78 is 51.7. The first-order valence-electron chi connectivity index (χ1n) is 5.62. The van der Waals surface area contributed by atoms with Gasteiger partial charge in [0.2, 0.25) is 10.0 Å². The Labute approximate surface area is 104 Å². The van der Waals surface area contributed by atoms with E-state index in [2.05, 4.69) is 10.0 Å². The molecule has 0 amide bonds. The van der Waals surface area contributed by atoms with Crippen LogP contribution in [-0.4, -0.2) is 26.8 Å². The molecule has 1 heterocycles. The molecule has 4 nitrogen and oxygen atoms in total. The van der Waals surface area contributed by atoms with Gasteiger partial charge in [0.1, 0.15) is 0 Å². The molecule has 18 heavy (non-hydrogen) atoms. The van der Waals surface area contributed by atoms with Crippen molar-refractivity contribution in [1.82, 2.24) is 10.0 Å². The van der Waals surface area contributed by atoms with Gasteiger partial charge in [-0.15, -0.1) is 0 Å². The van der Waals surface area contributed by atoms with Crippen molar-refractivity contribution in [1.29, 1.82) is 0 Å². The summed E-state index contributed by atoms with van der Waals surface area (Å²) in [5.41, 5.74) is 0.392. The van der Waals surface area contributed by atoms with Crippen molar-refractivity contribution < 1.29 is 17.2 Å². The van der Waals surface area contributed by atoms with E-state index in [1.807, 2.05) is 0 Å². The minimum absolute atomic E-state index is 0.0317. The zero-order valence-electron chi connectivity index (χ0n) is 9.62. The van der Waals surface area contributed by atoms with Crippen LogP contribution in [0.1, 0.15) is 12.0 Å². The average Bonchev–Trinajstić information content (AvgIpc) is 2.85. The summed E-state index contributed by atoms with van der Waals surface area (Å²) in [7, 11) is -3.41. The SMILES string of the molecule is O=S(=O)(NCc1ccc(F)c(F)c1)C1CCNC1. The smallest absolute Gasteiger partial charge is 0.216 e. The second kappa shape index (κ2) is 5.29. The number of rotatable bonds is 4. The summed E-state index contributed by atoms with van der Waals surface area (Å²) in [4.78, 5) is 0. The maximum absolute atomic E-state index is 12.9. The quantitative estimate of drug-likeness (QED) is 0.853. The first-order chi connectivity index (χ1) is 8.49. The van der Waals surface area contributed by atoms with Crippen LogP contribution in [0.2, 0.25) is 0 Å². The molecular weight excluding hydrogens is 262 g/mol. The lowest BCUT2D eigenvalue weighted by atomic mass is 10.2. The molecule has 1 fully saturated rings. The Bertz CT molecular complexity index is 528. The molecule has 0 spiro atoms. The number of sulfonamides is 1. The largest absolute Gasteiger partial charge is 0.315 e. The van der Waals surface area contributed by atoms with E-state index in [0.717, 1.165) is 12.1 Å². The van der Waals surface area contributed by atoms with Crippen LogP contribution in [0.4, 0.5) is 8.78 Å². The van der Waals surface area contributed by atoms with Gasteiger partial charge in [0, 0.05) is 13.1 Å². The highest BCUT2D eigenvalue weighted by Crippen LogP contribution is 2.11. The Hall–Kier alpha value is -1.05. The summed E-state index contributed by atoms with van der Waals surface area (Å²) in [5, 5.41) is 2.51. The van der Waals surface area contributed by atoms with Gasteiger partial charge in [-0.2, -0.15) is 0 Å². The predicted octanol–water partition coefficient (Wildman–Crippen LogP) is 0.746.